The summed E-state index contributed by atoms with van der Waals surface area (Å²) in [6, 6.07) is 7.39. The monoisotopic (exact) mass is 310 g/mol. The first-order valence-corrected chi connectivity index (χ1v) is 9.34. The van der Waals surface area contributed by atoms with Crippen molar-refractivity contribution in [1.29, 1.82) is 0 Å². The molecule has 1 fully saturated rings. The molecule has 0 radical (unpaired) electrons. The number of nitrogens with two attached hydrogens (primary N) is 1. The van der Waals surface area contributed by atoms with Crippen LogP contribution >= 0.6 is 0 Å². The summed E-state index contributed by atoms with van der Waals surface area (Å²) in [6.07, 6.45) is 4.22. The molecule has 21 heavy (non-hydrogen) atoms. The van der Waals surface area contributed by atoms with Crippen LogP contribution in [0.5, 0.6) is 0 Å². The van der Waals surface area contributed by atoms with Gasteiger partial charge < -0.3 is 5.73 Å². The van der Waals surface area contributed by atoms with Gasteiger partial charge in [-0.1, -0.05) is 44.9 Å². The third-order valence-electron chi connectivity index (χ3n) is 4.03. The molecule has 0 amide bonds. The molecule has 4 nitrogen and oxygen atoms in total. The predicted octanol–water partition coefficient (Wildman–Crippen LogP) is 3.00. The van der Waals surface area contributed by atoms with Gasteiger partial charge in [0, 0.05) is 18.3 Å². The molecular weight excluding hydrogens is 284 g/mol. The number of hydrogen-bond acceptors (Lipinski definition) is 3. The van der Waals surface area contributed by atoms with Crippen LogP contribution in [-0.4, -0.2) is 25.3 Å². The van der Waals surface area contributed by atoms with Crippen LogP contribution in [0.25, 0.3) is 0 Å². The van der Waals surface area contributed by atoms with E-state index in [9.17, 15) is 8.42 Å². The maximum absolute atomic E-state index is 12.8. The fourth-order valence-electron chi connectivity index (χ4n) is 2.99. The lowest BCUT2D eigenvalue weighted by Crippen LogP contribution is -2.41. The van der Waals surface area contributed by atoms with E-state index in [0.717, 1.165) is 25.7 Å². The summed E-state index contributed by atoms with van der Waals surface area (Å²) in [5, 5.41) is 0. The van der Waals surface area contributed by atoms with Gasteiger partial charge in [-0.3, -0.25) is 0 Å². The van der Waals surface area contributed by atoms with E-state index in [4.69, 9.17) is 5.73 Å². The van der Waals surface area contributed by atoms with Gasteiger partial charge in [0.05, 0.1) is 5.75 Å². The van der Waals surface area contributed by atoms with Crippen LogP contribution in [0.15, 0.2) is 24.3 Å². The average molecular weight is 310 g/mol. The predicted molar refractivity (Wildman–Crippen MR) is 87.3 cm³/mol. The fourth-order valence-corrected chi connectivity index (χ4v) is 5.00. The summed E-state index contributed by atoms with van der Waals surface area (Å²) in [4.78, 5) is 0. The van der Waals surface area contributed by atoms with E-state index >= 15 is 0 Å². The zero-order valence-corrected chi connectivity index (χ0v) is 13.8. The van der Waals surface area contributed by atoms with Crippen molar-refractivity contribution in [3.8, 4) is 0 Å². The first kappa shape index (κ1) is 16.3. The van der Waals surface area contributed by atoms with E-state index in [1.165, 1.54) is 0 Å². The Kier molecular flexibility index (Phi) is 5.27. The molecule has 118 valence electrons. The lowest BCUT2D eigenvalue weighted by Gasteiger charge is -2.29. The highest BCUT2D eigenvalue weighted by atomic mass is 32.2. The molecule has 1 aliphatic carbocycles. The molecule has 0 heterocycles. The Morgan fingerprint density at radius 3 is 2.43 bits per heavy atom. The van der Waals surface area contributed by atoms with Gasteiger partial charge in [0.25, 0.3) is 0 Å². The maximum atomic E-state index is 12.8. The molecule has 5 heteroatoms. The maximum Gasteiger partial charge on any atom is 0.218 e. The van der Waals surface area contributed by atoms with E-state index in [0.29, 0.717) is 23.7 Å². The van der Waals surface area contributed by atoms with Gasteiger partial charge in [-0.05, 0) is 30.4 Å². The SMILES string of the molecule is CC(C)CN(C1CCCC1)S(=O)(=O)Cc1ccccc1N. The van der Waals surface area contributed by atoms with E-state index in [-0.39, 0.29) is 11.8 Å². The Balaban J connectivity index is 2.22. The lowest BCUT2D eigenvalue weighted by molar-refractivity contribution is 0.292. The van der Waals surface area contributed by atoms with Gasteiger partial charge in [-0.25, -0.2) is 8.42 Å². The van der Waals surface area contributed by atoms with Crippen molar-refractivity contribution >= 4 is 15.7 Å². The number of para-hydroxylation sites is 1. The van der Waals surface area contributed by atoms with Gasteiger partial charge in [0.1, 0.15) is 0 Å². The minimum absolute atomic E-state index is 0.00287. The minimum Gasteiger partial charge on any atom is -0.398 e. The van der Waals surface area contributed by atoms with Gasteiger partial charge in [-0.15, -0.1) is 0 Å². The largest absolute Gasteiger partial charge is 0.398 e. The van der Waals surface area contributed by atoms with Crippen molar-refractivity contribution in [2.75, 3.05) is 12.3 Å². The normalized spacial score (nSPS) is 17.0. The highest BCUT2D eigenvalue weighted by molar-refractivity contribution is 7.88. The average Bonchev–Trinajstić information content (AvgIpc) is 2.92. The van der Waals surface area contributed by atoms with Crippen LogP contribution in [0.2, 0.25) is 0 Å². The summed E-state index contributed by atoms with van der Waals surface area (Å²) in [5.41, 5.74) is 7.15. The first-order valence-electron chi connectivity index (χ1n) is 7.73. The molecule has 2 rings (SSSR count). The van der Waals surface area contributed by atoms with Crippen LogP contribution in [0.3, 0.4) is 0 Å². The summed E-state index contributed by atoms with van der Waals surface area (Å²) in [7, 11) is -3.32. The Labute approximate surface area is 128 Å². The molecule has 0 atom stereocenters. The molecule has 0 aromatic heterocycles. The Morgan fingerprint density at radius 2 is 1.86 bits per heavy atom. The molecule has 2 N–H and O–H groups in total. The number of hydrogen-bond donors (Lipinski definition) is 1. The minimum atomic E-state index is -3.32. The van der Waals surface area contributed by atoms with Crippen LogP contribution in [-0.2, 0) is 15.8 Å². The number of sulfonamides is 1. The third-order valence-corrected chi connectivity index (χ3v) is 5.86. The summed E-state index contributed by atoms with van der Waals surface area (Å²) in [6.45, 7) is 4.72. The number of rotatable bonds is 6. The van der Waals surface area contributed by atoms with E-state index in [1.807, 2.05) is 12.1 Å². The smallest absolute Gasteiger partial charge is 0.218 e. The van der Waals surface area contributed by atoms with E-state index in [2.05, 4.69) is 13.8 Å². The molecule has 0 bridgehead atoms. The highest BCUT2D eigenvalue weighted by Crippen LogP contribution is 2.28. The number of benzene rings is 1. The van der Waals surface area contributed by atoms with Crippen molar-refractivity contribution < 1.29 is 8.42 Å². The molecular formula is C16H26N2O2S. The number of nitrogen functional groups attached to an aromatic ring is 1. The molecule has 0 aliphatic heterocycles. The molecule has 0 spiro atoms. The van der Waals surface area contributed by atoms with Crippen molar-refractivity contribution in [2.24, 2.45) is 5.92 Å². The van der Waals surface area contributed by atoms with Crippen molar-refractivity contribution in [3.63, 3.8) is 0 Å². The molecule has 1 aliphatic rings. The number of anilines is 1. The van der Waals surface area contributed by atoms with Crippen molar-refractivity contribution in [3.05, 3.63) is 29.8 Å². The van der Waals surface area contributed by atoms with Gasteiger partial charge in [0.2, 0.25) is 10.0 Å². The Morgan fingerprint density at radius 1 is 1.24 bits per heavy atom. The number of nitrogens with zero attached hydrogens (tertiary/aromatic N) is 1. The van der Waals surface area contributed by atoms with Gasteiger partial charge >= 0.3 is 0 Å². The van der Waals surface area contributed by atoms with Crippen molar-refractivity contribution in [1.82, 2.24) is 4.31 Å². The Hall–Kier alpha value is -1.07. The Bertz CT molecular complexity index is 563. The van der Waals surface area contributed by atoms with Crippen LogP contribution in [0.4, 0.5) is 5.69 Å². The summed E-state index contributed by atoms with van der Waals surface area (Å²) < 4.78 is 27.4. The second-order valence-corrected chi connectivity index (χ2v) is 8.28. The van der Waals surface area contributed by atoms with Gasteiger partial charge in [0.15, 0.2) is 0 Å². The van der Waals surface area contributed by atoms with Crippen LogP contribution in [0.1, 0.15) is 45.1 Å². The highest BCUT2D eigenvalue weighted by Gasteiger charge is 2.32. The van der Waals surface area contributed by atoms with Gasteiger partial charge in [-0.2, -0.15) is 4.31 Å². The zero-order chi connectivity index (χ0) is 15.5. The lowest BCUT2D eigenvalue weighted by atomic mass is 10.2. The fraction of sp³-hybridized carbons (Fsp3) is 0.625. The van der Waals surface area contributed by atoms with E-state index < -0.39 is 10.0 Å². The zero-order valence-electron chi connectivity index (χ0n) is 13.0. The van der Waals surface area contributed by atoms with E-state index in [1.54, 1.807) is 16.4 Å². The first-order chi connectivity index (χ1) is 9.90. The summed E-state index contributed by atoms with van der Waals surface area (Å²) in [5.74, 6) is 0.330. The molecule has 1 aromatic rings. The van der Waals surface area contributed by atoms with Crippen molar-refractivity contribution in [2.45, 2.75) is 51.3 Å². The third kappa shape index (κ3) is 4.20. The second-order valence-electron chi connectivity index (χ2n) is 6.36. The van der Waals surface area contributed by atoms with Crippen LogP contribution in [0, 0.1) is 5.92 Å². The molecule has 1 saturated carbocycles. The summed E-state index contributed by atoms with van der Waals surface area (Å²) >= 11 is 0. The standard InChI is InChI=1S/C16H26N2O2S/c1-13(2)11-18(15-8-4-5-9-15)21(19,20)12-14-7-3-6-10-16(14)17/h3,6-7,10,13,15H,4-5,8-9,11-12,17H2,1-2H3. The topological polar surface area (TPSA) is 63.4 Å². The molecule has 0 unspecified atom stereocenters. The molecule has 0 saturated heterocycles. The molecule has 1 aromatic carbocycles. The quantitative estimate of drug-likeness (QED) is 0.822. The second kappa shape index (κ2) is 6.79. The van der Waals surface area contributed by atoms with Crippen LogP contribution < -0.4 is 5.73 Å².